The van der Waals surface area contributed by atoms with Gasteiger partial charge in [-0.15, -0.1) is 6.42 Å². The first-order valence-electron chi connectivity index (χ1n) is 6.91. The summed E-state index contributed by atoms with van der Waals surface area (Å²) in [6.07, 6.45) is 7.51. The molecule has 0 aromatic heterocycles. The van der Waals surface area contributed by atoms with Crippen molar-refractivity contribution in [2.24, 2.45) is 0 Å². The maximum absolute atomic E-state index is 9.55. The van der Waals surface area contributed by atoms with Crippen molar-refractivity contribution in [2.75, 3.05) is 26.2 Å². The smallest absolute Gasteiger partial charge is 0.0626 e. The van der Waals surface area contributed by atoms with E-state index in [0.29, 0.717) is 6.04 Å². The van der Waals surface area contributed by atoms with E-state index in [9.17, 15) is 5.11 Å². The van der Waals surface area contributed by atoms with E-state index in [1.807, 2.05) is 18.2 Å². The zero-order valence-electron chi connectivity index (χ0n) is 11.3. The first-order valence-corrected chi connectivity index (χ1v) is 6.91. The lowest BCUT2D eigenvalue weighted by Gasteiger charge is -2.33. The molecule has 0 spiro atoms. The zero-order chi connectivity index (χ0) is 13.5. The summed E-state index contributed by atoms with van der Waals surface area (Å²) in [5.41, 5.74) is 1.15. The van der Waals surface area contributed by atoms with Gasteiger partial charge in [-0.25, -0.2) is 0 Å². The molecule has 0 aliphatic carbocycles. The summed E-state index contributed by atoms with van der Waals surface area (Å²) in [7, 11) is 0. The largest absolute Gasteiger partial charge is 0.394 e. The van der Waals surface area contributed by atoms with E-state index in [4.69, 9.17) is 6.42 Å². The van der Waals surface area contributed by atoms with Gasteiger partial charge in [0.05, 0.1) is 19.2 Å². The number of aliphatic hydroxyl groups excluding tert-OH is 1. The van der Waals surface area contributed by atoms with Gasteiger partial charge in [-0.3, -0.25) is 4.90 Å². The molecule has 1 heterocycles. The van der Waals surface area contributed by atoms with Crippen LogP contribution in [0.3, 0.4) is 0 Å². The van der Waals surface area contributed by atoms with E-state index in [0.717, 1.165) is 38.0 Å². The molecule has 0 bridgehead atoms. The molecule has 19 heavy (non-hydrogen) atoms. The molecule has 0 saturated carbocycles. The van der Waals surface area contributed by atoms with Crippen LogP contribution in [0.5, 0.6) is 0 Å². The Hall–Kier alpha value is -1.34. The first kappa shape index (κ1) is 14.1. The number of benzene rings is 1. The van der Waals surface area contributed by atoms with Crippen LogP contribution in [0.25, 0.3) is 0 Å². The Balaban J connectivity index is 1.86. The van der Waals surface area contributed by atoms with Crippen molar-refractivity contribution in [3.8, 4) is 12.3 Å². The van der Waals surface area contributed by atoms with Crippen LogP contribution in [-0.2, 0) is 0 Å². The van der Waals surface area contributed by atoms with Gasteiger partial charge in [0.1, 0.15) is 0 Å². The van der Waals surface area contributed by atoms with Gasteiger partial charge in [0.2, 0.25) is 0 Å². The molecule has 0 radical (unpaired) electrons. The molecule has 0 amide bonds. The molecular formula is C16H22N2O. The molecule has 1 saturated heterocycles. The number of hydrogen-bond donors (Lipinski definition) is 2. The van der Waals surface area contributed by atoms with Crippen molar-refractivity contribution in [3.63, 3.8) is 0 Å². The molecule has 1 aromatic carbocycles. The molecule has 2 rings (SSSR count). The highest BCUT2D eigenvalue weighted by atomic mass is 16.3. The summed E-state index contributed by atoms with van der Waals surface area (Å²) in [6.45, 7) is 2.95. The molecule has 1 aromatic rings. The van der Waals surface area contributed by atoms with Gasteiger partial charge >= 0.3 is 0 Å². The fourth-order valence-corrected chi connectivity index (χ4v) is 2.61. The fourth-order valence-electron chi connectivity index (χ4n) is 2.61. The molecule has 1 atom stereocenters. The third-order valence-corrected chi connectivity index (χ3v) is 3.72. The average Bonchev–Trinajstić information content (AvgIpc) is 2.48. The molecule has 102 valence electrons. The number of nitrogens with one attached hydrogen (secondary N) is 1. The van der Waals surface area contributed by atoms with Crippen LogP contribution in [0.2, 0.25) is 0 Å². The van der Waals surface area contributed by atoms with E-state index < -0.39 is 0 Å². The van der Waals surface area contributed by atoms with Crippen molar-refractivity contribution in [3.05, 3.63) is 35.9 Å². The molecule has 3 heteroatoms. The second-order valence-corrected chi connectivity index (χ2v) is 5.07. The minimum absolute atomic E-state index is 0.0328. The SMILES string of the molecule is C#CCN1CCC(N[C@@H](CO)c2ccccc2)CC1. The molecule has 1 aliphatic heterocycles. The number of rotatable bonds is 5. The zero-order valence-corrected chi connectivity index (χ0v) is 11.3. The third-order valence-electron chi connectivity index (χ3n) is 3.72. The molecule has 1 aliphatic rings. The lowest BCUT2D eigenvalue weighted by molar-refractivity contribution is 0.183. The highest BCUT2D eigenvalue weighted by Crippen LogP contribution is 2.17. The Bertz CT molecular complexity index is 405. The highest BCUT2D eigenvalue weighted by Gasteiger charge is 2.21. The molecule has 2 N–H and O–H groups in total. The van der Waals surface area contributed by atoms with Crippen LogP contribution in [0.1, 0.15) is 24.4 Å². The van der Waals surface area contributed by atoms with E-state index >= 15 is 0 Å². The van der Waals surface area contributed by atoms with Crippen molar-refractivity contribution in [2.45, 2.75) is 24.9 Å². The van der Waals surface area contributed by atoms with Gasteiger partial charge < -0.3 is 10.4 Å². The maximum atomic E-state index is 9.55. The number of piperidine rings is 1. The minimum Gasteiger partial charge on any atom is -0.394 e. The predicted octanol–water partition coefficient (Wildman–Crippen LogP) is 1.41. The number of nitrogens with zero attached hydrogens (tertiary/aromatic N) is 1. The Morgan fingerprint density at radius 1 is 1.32 bits per heavy atom. The number of likely N-dealkylation sites (tertiary alicyclic amines) is 1. The van der Waals surface area contributed by atoms with Crippen LogP contribution >= 0.6 is 0 Å². The second kappa shape index (κ2) is 7.30. The molecule has 3 nitrogen and oxygen atoms in total. The summed E-state index contributed by atoms with van der Waals surface area (Å²) in [5.74, 6) is 2.70. The van der Waals surface area contributed by atoms with Crippen LogP contribution in [0.15, 0.2) is 30.3 Å². The van der Waals surface area contributed by atoms with E-state index in [1.54, 1.807) is 0 Å². The van der Waals surface area contributed by atoms with Crippen molar-refractivity contribution in [1.82, 2.24) is 10.2 Å². The molecule has 0 unspecified atom stereocenters. The van der Waals surface area contributed by atoms with E-state index in [-0.39, 0.29) is 12.6 Å². The van der Waals surface area contributed by atoms with Gasteiger partial charge in [-0.1, -0.05) is 36.3 Å². The van der Waals surface area contributed by atoms with Gasteiger partial charge in [-0.2, -0.15) is 0 Å². The summed E-state index contributed by atoms with van der Waals surface area (Å²) >= 11 is 0. The van der Waals surface area contributed by atoms with Crippen LogP contribution in [0, 0.1) is 12.3 Å². The van der Waals surface area contributed by atoms with Crippen molar-refractivity contribution in [1.29, 1.82) is 0 Å². The third kappa shape index (κ3) is 4.07. The predicted molar refractivity (Wildman–Crippen MR) is 77.7 cm³/mol. The topological polar surface area (TPSA) is 35.5 Å². The first-order chi connectivity index (χ1) is 9.33. The number of hydrogen-bond acceptors (Lipinski definition) is 3. The van der Waals surface area contributed by atoms with E-state index in [2.05, 4.69) is 28.3 Å². The van der Waals surface area contributed by atoms with Crippen LogP contribution in [-0.4, -0.2) is 42.3 Å². The summed E-state index contributed by atoms with van der Waals surface area (Å²) in [5, 5.41) is 13.1. The van der Waals surface area contributed by atoms with Crippen LogP contribution < -0.4 is 5.32 Å². The monoisotopic (exact) mass is 258 g/mol. The molecule has 1 fully saturated rings. The Labute approximate surface area is 115 Å². The summed E-state index contributed by atoms with van der Waals surface area (Å²) in [6, 6.07) is 10.6. The summed E-state index contributed by atoms with van der Waals surface area (Å²) < 4.78 is 0. The highest BCUT2D eigenvalue weighted by molar-refractivity contribution is 5.19. The van der Waals surface area contributed by atoms with Gasteiger partial charge in [0.15, 0.2) is 0 Å². The number of aliphatic hydroxyl groups is 1. The van der Waals surface area contributed by atoms with Crippen LogP contribution in [0.4, 0.5) is 0 Å². The lowest BCUT2D eigenvalue weighted by atomic mass is 10.0. The van der Waals surface area contributed by atoms with Crippen molar-refractivity contribution >= 4 is 0 Å². The van der Waals surface area contributed by atoms with Gasteiger partial charge in [-0.05, 0) is 18.4 Å². The summed E-state index contributed by atoms with van der Waals surface area (Å²) in [4.78, 5) is 2.30. The lowest BCUT2D eigenvalue weighted by Crippen LogP contribution is -2.44. The fraction of sp³-hybridized carbons (Fsp3) is 0.500. The number of terminal acetylenes is 1. The Kier molecular flexibility index (Phi) is 5.41. The maximum Gasteiger partial charge on any atom is 0.0626 e. The standard InChI is InChI=1S/C16H22N2O/c1-2-10-18-11-8-15(9-12-18)17-16(13-19)14-6-4-3-5-7-14/h1,3-7,15-17,19H,8-13H2/t16-/m0/s1. The Morgan fingerprint density at radius 2 is 2.00 bits per heavy atom. The second-order valence-electron chi connectivity index (χ2n) is 5.07. The van der Waals surface area contributed by atoms with E-state index in [1.165, 1.54) is 0 Å². The average molecular weight is 258 g/mol. The minimum atomic E-state index is 0.0328. The normalized spacial score (nSPS) is 18.9. The van der Waals surface area contributed by atoms with Gasteiger partial charge in [0.25, 0.3) is 0 Å². The van der Waals surface area contributed by atoms with Crippen molar-refractivity contribution < 1.29 is 5.11 Å². The Morgan fingerprint density at radius 3 is 2.58 bits per heavy atom. The van der Waals surface area contributed by atoms with Gasteiger partial charge in [0, 0.05) is 19.1 Å². The quantitative estimate of drug-likeness (QED) is 0.784. The molecular weight excluding hydrogens is 236 g/mol.